The Morgan fingerprint density at radius 1 is 1.75 bits per heavy atom. The minimum atomic E-state index is -0.264. The maximum atomic E-state index is 9.98. The van der Waals surface area contributed by atoms with Crippen LogP contribution in [-0.4, -0.2) is 12.3 Å². The van der Waals surface area contributed by atoms with Gasteiger partial charge >= 0.3 is 0 Å². The summed E-state index contributed by atoms with van der Waals surface area (Å²) in [7, 11) is 0. The lowest BCUT2D eigenvalue weighted by atomic mass is 10.0. The molecule has 2 N–H and O–H groups in total. The molecule has 0 aliphatic carbocycles. The Kier molecular flexibility index (Phi) is 3.44. The normalized spacial score (nSPS) is 17.4. The van der Waals surface area contributed by atoms with Crippen LogP contribution in [0.2, 0.25) is 0 Å². The van der Waals surface area contributed by atoms with Crippen LogP contribution in [0.4, 0.5) is 0 Å². The number of hydrogen-bond donors (Lipinski definition) is 1. The van der Waals surface area contributed by atoms with Crippen molar-refractivity contribution in [2.24, 2.45) is 11.7 Å². The summed E-state index contributed by atoms with van der Waals surface area (Å²) in [6.45, 7) is 3.99. The molecule has 0 fully saturated rings. The van der Waals surface area contributed by atoms with E-state index in [9.17, 15) is 4.79 Å². The SMILES string of the molecule is CC[C@H](C)[C@@H](N)C=O. The van der Waals surface area contributed by atoms with Crippen molar-refractivity contribution in [3.63, 3.8) is 0 Å². The van der Waals surface area contributed by atoms with Crippen LogP contribution in [0.25, 0.3) is 0 Å². The fraction of sp³-hybridized carbons (Fsp3) is 0.833. The van der Waals surface area contributed by atoms with E-state index in [0.29, 0.717) is 5.92 Å². The number of carbonyl (C=O) groups excluding carboxylic acids is 1. The van der Waals surface area contributed by atoms with E-state index in [1.54, 1.807) is 0 Å². The summed E-state index contributed by atoms with van der Waals surface area (Å²) in [5.74, 6) is 0.326. The number of carbonyl (C=O) groups is 1. The quantitative estimate of drug-likeness (QED) is 0.546. The predicted molar refractivity (Wildman–Crippen MR) is 33.5 cm³/mol. The van der Waals surface area contributed by atoms with Crippen molar-refractivity contribution in [3.05, 3.63) is 0 Å². The van der Waals surface area contributed by atoms with Crippen LogP contribution in [-0.2, 0) is 4.79 Å². The molecular formula is C6H13NO. The lowest BCUT2D eigenvalue weighted by Gasteiger charge is -2.09. The molecule has 2 atom stereocenters. The Morgan fingerprint density at radius 3 is 2.38 bits per heavy atom. The molecule has 2 heteroatoms. The zero-order chi connectivity index (χ0) is 6.57. The van der Waals surface area contributed by atoms with Gasteiger partial charge in [-0.05, 0) is 5.92 Å². The topological polar surface area (TPSA) is 43.1 Å². The Labute approximate surface area is 50.1 Å². The van der Waals surface area contributed by atoms with Crippen LogP contribution in [0.1, 0.15) is 20.3 Å². The summed E-state index contributed by atoms with van der Waals surface area (Å²) >= 11 is 0. The zero-order valence-corrected chi connectivity index (χ0v) is 5.42. The van der Waals surface area contributed by atoms with Crippen LogP contribution in [0.3, 0.4) is 0 Å². The van der Waals surface area contributed by atoms with Crippen molar-refractivity contribution < 1.29 is 4.79 Å². The van der Waals surface area contributed by atoms with E-state index >= 15 is 0 Å². The Bertz CT molecular complexity index is 72.9. The first-order chi connectivity index (χ1) is 3.72. The van der Waals surface area contributed by atoms with Crippen LogP contribution in [0, 0.1) is 5.92 Å². The summed E-state index contributed by atoms with van der Waals surface area (Å²) < 4.78 is 0. The Hall–Kier alpha value is -0.370. The second-order valence-electron chi connectivity index (χ2n) is 2.10. The molecule has 0 unspecified atom stereocenters. The van der Waals surface area contributed by atoms with Crippen molar-refractivity contribution in [2.45, 2.75) is 26.3 Å². The van der Waals surface area contributed by atoms with Crippen LogP contribution < -0.4 is 5.73 Å². The van der Waals surface area contributed by atoms with Crippen molar-refractivity contribution in [1.29, 1.82) is 0 Å². The van der Waals surface area contributed by atoms with E-state index < -0.39 is 0 Å². The van der Waals surface area contributed by atoms with Gasteiger partial charge in [0.05, 0.1) is 6.04 Å². The van der Waals surface area contributed by atoms with E-state index in [2.05, 4.69) is 0 Å². The van der Waals surface area contributed by atoms with Gasteiger partial charge in [-0.1, -0.05) is 20.3 Å². The molecule has 0 aromatic rings. The highest BCUT2D eigenvalue weighted by atomic mass is 16.1. The van der Waals surface area contributed by atoms with Gasteiger partial charge in [-0.15, -0.1) is 0 Å². The first kappa shape index (κ1) is 7.63. The molecule has 2 nitrogen and oxygen atoms in total. The maximum absolute atomic E-state index is 9.98. The summed E-state index contributed by atoms with van der Waals surface area (Å²) in [6, 6.07) is -0.264. The minimum Gasteiger partial charge on any atom is -0.322 e. The van der Waals surface area contributed by atoms with Crippen molar-refractivity contribution >= 4 is 6.29 Å². The smallest absolute Gasteiger partial charge is 0.136 e. The Morgan fingerprint density at radius 2 is 2.25 bits per heavy atom. The average Bonchev–Trinajstić information content (AvgIpc) is 1.84. The third kappa shape index (κ3) is 2.07. The Balaban J connectivity index is 3.44. The van der Waals surface area contributed by atoms with Crippen LogP contribution in [0.15, 0.2) is 0 Å². The van der Waals surface area contributed by atoms with E-state index in [-0.39, 0.29) is 6.04 Å². The van der Waals surface area contributed by atoms with Crippen LogP contribution in [0.5, 0.6) is 0 Å². The van der Waals surface area contributed by atoms with Gasteiger partial charge in [0.1, 0.15) is 6.29 Å². The summed E-state index contributed by atoms with van der Waals surface area (Å²) in [4.78, 5) is 9.98. The number of hydrogen-bond acceptors (Lipinski definition) is 2. The fourth-order valence-electron chi connectivity index (χ4n) is 0.406. The van der Waals surface area contributed by atoms with Gasteiger partial charge in [0.2, 0.25) is 0 Å². The molecule has 8 heavy (non-hydrogen) atoms. The standard InChI is InChI=1S/C6H13NO/c1-3-5(2)6(7)4-8/h4-6H,3,7H2,1-2H3/t5-,6-/m0/s1. The van der Waals surface area contributed by atoms with Gasteiger partial charge in [-0.2, -0.15) is 0 Å². The third-order valence-electron chi connectivity index (χ3n) is 1.46. The molecular weight excluding hydrogens is 102 g/mol. The van der Waals surface area contributed by atoms with Gasteiger partial charge in [0.25, 0.3) is 0 Å². The number of nitrogens with two attached hydrogens (primary N) is 1. The molecule has 48 valence electrons. The predicted octanol–water partition coefficient (Wildman–Crippen LogP) is 0.559. The van der Waals surface area contributed by atoms with E-state index in [4.69, 9.17) is 5.73 Å². The minimum absolute atomic E-state index is 0.264. The van der Waals surface area contributed by atoms with Crippen molar-refractivity contribution in [2.75, 3.05) is 0 Å². The maximum Gasteiger partial charge on any atom is 0.136 e. The molecule has 0 spiro atoms. The van der Waals surface area contributed by atoms with E-state index in [1.165, 1.54) is 0 Å². The molecule has 0 rings (SSSR count). The zero-order valence-electron chi connectivity index (χ0n) is 5.42. The number of aldehydes is 1. The molecule has 0 radical (unpaired) electrons. The summed E-state index contributed by atoms with van der Waals surface area (Å²) in [5.41, 5.74) is 5.36. The van der Waals surface area contributed by atoms with Crippen molar-refractivity contribution in [3.8, 4) is 0 Å². The van der Waals surface area contributed by atoms with Gasteiger partial charge in [0.15, 0.2) is 0 Å². The second-order valence-corrected chi connectivity index (χ2v) is 2.10. The molecule has 0 bridgehead atoms. The van der Waals surface area contributed by atoms with Gasteiger partial charge in [0, 0.05) is 0 Å². The summed E-state index contributed by atoms with van der Waals surface area (Å²) in [6.07, 6.45) is 1.77. The molecule has 0 saturated carbocycles. The monoisotopic (exact) mass is 115 g/mol. The second kappa shape index (κ2) is 3.61. The largest absolute Gasteiger partial charge is 0.322 e. The first-order valence-corrected chi connectivity index (χ1v) is 2.93. The third-order valence-corrected chi connectivity index (χ3v) is 1.46. The summed E-state index contributed by atoms with van der Waals surface area (Å²) in [5, 5.41) is 0. The highest BCUT2D eigenvalue weighted by Crippen LogP contribution is 2.01. The lowest BCUT2D eigenvalue weighted by molar-refractivity contribution is -0.109. The first-order valence-electron chi connectivity index (χ1n) is 2.93. The highest BCUT2D eigenvalue weighted by Gasteiger charge is 2.07. The number of rotatable bonds is 3. The van der Waals surface area contributed by atoms with Gasteiger partial charge in [-0.3, -0.25) is 0 Å². The van der Waals surface area contributed by atoms with Gasteiger partial charge < -0.3 is 10.5 Å². The van der Waals surface area contributed by atoms with E-state index in [0.717, 1.165) is 12.7 Å². The lowest BCUT2D eigenvalue weighted by Crippen LogP contribution is -2.28. The molecule has 0 aliphatic rings. The molecule has 0 aromatic heterocycles. The molecule has 0 aromatic carbocycles. The van der Waals surface area contributed by atoms with Crippen LogP contribution >= 0.6 is 0 Å². The molecule has 0 saturated heterocycles. The highest BCUT2D eigenvalue weighted by molar-refractivity contribution is 5.57. The van der Waals surface area contributed by atoms with Gasteiger partial charge in [-0.25, -0.2) is 0 Å². The molecule has 0 aliphatic heterocycles. The fourth-order valence-corrected chi connectivity index (χ4v) is 0.406. The van der Waals surface area contributed by atoms with Crippen molar-refractivity contribution in [1.82, 2.24) is 0 Å². The molecule has 0 amide bonds. The average molecular weight is 115 g/mol. The molecule has 0 heterocycles. The van der Waals surface area contributed by atoms with E-state index in [1.807, 2.05) is 13.8 Å².